The first-order valence-electron chi connectivity index (χ1n) is 8.90. The highest BCUT2D eigenvalue weighted by atomic mass is 79.9. The van der Waals surface area contributed by atoms with Gasteiger partial charge in [0.05, 0.1) is 16.3 Å². The molecule has 0 unspecified atom stereocenters. The van der Waals surface area contributed by atoms with Crippen molar-refractivity contribution >= 4 is 28.1 Å². The molecule has 0 atom stereocenters. The Morgan fingerprint density at radius 3 is 2.48 bits per heavy atom. The third-order valence-electron chi connectivity index (χ3n) is 4.10. The van der Waals surface area contributed by atoms with E-state index < -0.39 is 17.6 Å². The summed E-state index contributed by atoms with van der Waals surface area (Å²) in [5.41, 5.74) is 2.55. The predicted molar refractivity (Wildman–Crippen MR) is 111 cm³/mol. The Kier molecular flexibility index (Phi) is 7.06. The number of benzene rings is 3. The van der Waals surface area contributed by atoms with E-state index in [2.05, 4.69) is 26.5 Å². The van der Waals surface area contributed by atoms with Crippen LogP contribution in [-0.2, 0) is 12.8 Å². The van der Waals surface area contributed by atoms with E-state index in [0.29, 0.717) is 15.8 Å². The van der Waals surface area contributed by atoms with E-state index in [1.165, 1.54) is 24.4 Å². The molecule has 0 radical (unpaired) electrons. The maximum Gasteiger partial charge on any atom is 0.416 e. The van der Waals surface area contributed by atoms with Crippen molar-refractivity contribution in [1.29, 1.82) is 0 Å². The largest absolute Gasteiger partial charge is 0.488 e. The number of ether oxygens (including phenoxy) is 1. The Bertz CT molecular complexity index is 1100. The lowest BCUT2D eigenvalue weighted by atomic mass is 10.1. The van der Waals surface area contributed by atoms with Crippen LogP contribution in [0.5, 0.6) is 5.75 Å². The van der Waals surface area contributed by atoms with E-state index in [-0.39, 0.29) is 18.0 Å². The normalized spacial score (nSPS) is 11.5. The molecule has 0 aromatic heterocycles. The van der Waals surface area contributed by atoms with Crippen LogP contribution < -0.4 is 10.2 Å². The Morgan fingerprint density at radius 1 is 1.06 bits per heavy atom. The zero-order valence-electron chi connectivity index (χ0n) is 15.8. The summed E-state index contributed by atoms with van der Waals surface area (Å²) in [5, 5.41) is 3.78. The number of amides is 1. The van der Waals surface area contributed by atoms with E-state index >= 15 is 0 Å². The maximum absolute atomic E-state index is 12.9. The average Bonchev–Trinajstić information content (AvgIpc) is 2.74. The van der Waals surface area contributed by atoms with Crippen LogP contribution in [0.25, 0.3) is 0 Å². The van der Waals surface area contributed by atoms with Crippen molar-refractivity contribution in [3.05, 3.63) is 99.3 Å². The SMILES string of the molecule is O=C(N/N=C\c1ccc(OCc2ccc(F)cc2)c(Br)c1)c1cccc(C(F)(F)F)c1. The molecule has 0 saturated carbocycles. The molecule has 0 bridgehead atoms. The fraction of sp³-hybridized carbons (Fsp3) is 0.0909. The summed E-state index contributed by atoms with van der Waals surface area (Å²) in [7, 11) is 0. The molecule has 0 aliphatic rings. The minimum atomic E-state index is -4.54. The van der Waals surface area contributed by atoms with Gasteiger partial charge in [-0.25, -0.2) is 9.82 Å². The fourth-order valence-electron chi connectivity index (χ4n) is 2.52. The van der Waals surface area contributed by atoms with E-state index in [4.69, 9.17) is 4.74 Å². The summed E-state index contributed by atoms with van der Waals surface area (Å²) in [6, 6.07) is 15.1. The molecule has 1 amide bonds. The number of nitrogens with zero attached hydrogens (tertiary/aromatic N) is 1. The quantitative estimate of drug-likeness (QED) is 0.261. The first-order valence-corrected chi connectivity index (χ1v) is 9.69. The van der Waals surface area contributed by atoms with Crippen molar-refractivity contribution in [2.75, 3.05) is 0 Å². The zero-order valence-corrected chi connectivity index (χ0v) is 17.4. The van der Waals surface area contributed by atoms with Gasteiger partial charge in [-0.1, -0.05) is 18.2 Å². The minimum Gasteiger partial charge on any atom is -0.488 e. The molecule has 3 aromatic rings. The molecule has 3 rings (SSSR count). The van der Waals surface area contributed by atoms with Gasteiger partial charge in [0.2, 0.25) is 0 Å². The van der Waals surface area contributed by atoms with E-state index in [9.17, 15) is 22.4 Å². The lowest BCUT2D eigenvalue weighted by Crippen LogP contribution is -2.18. The van der Waals surface area contributed by atoms with E-state index in [1.807, 2.05) is 0 Å². The maximum atomic E-state index is 12.9. The molecular weight excluding hydrogens is 480 g/mol. The standard InChI is InChI=1S/C22H15BrF4N2O2/c23-19-10-15(6-9-20(19)31-13-14-4-7-18(24)8-5-14)12-28-29-21(30)16-2-1-3-17(11-16)22(25,26)27/h1-12H,13H2,(H,29,30)/b28-12-. The summed E-state index contributed by atoms with van der Waals surface area (Å²) in [6.07, 6.45) is -3.19. The molecule has 31 heavy (non-hydrogen) atoms. The Morgan fingerprint density at radius 2 is 1.81 bits per heavy atom. The van der Waals surface area contributed by atoms with Crippen LogP contribution in [0.15, 0.2) is 76.3 Å². The molecule has 0 saturated heterocycles. The second-order valence-corrected chi connectivity index (χ2v) is 7.24. The summed E-state index contributed by atoms with van der Waals surface area (Å²) in [4.78, 5) is 12.0. The number of carbonyl (C=O) groups excluding carboxylic acids is 1. The monoisotopic (exact) mass is 494 g/mol. The Balaban J connectivity index is 1.59. The molecule has 0 aliphatic carbocycles. The summed E-state index contributed by atoms with van der Waals surface area (Å²) < 4.78 is 57.5. The number of hydrogen-bond donors (Lipinski definition) is 1. The summed E-state index contributed by atoms with van der Waals surface area (Å²) in [6.45, 7) is 0.249. The van der Waals surface area contributed by atoms with Gasteiger partial charge in [-0.3, -0.25) is 4.79 Å². The van der Waals surface area contributed by atoms with Crippen molar-refractivity contribution in [1.82, 2.24) is 5.43 Å². The van der Waals surface area contributed by atoms with Gasteiger partial charge in [0.25, 0.3) is 5.91 Å². The molecular formula is C22H15BrF4N2O2. The van der Waals surface area contributed by atoms with Gasteiger partial charge >= 0.3 is 6.18 Å². The highest BCUT2D eigenvalue weighted by Crippen LogP contribution is 2.29. The number of hydrogen-bond acceptors (Lipinski definition) is 3. The van der Waals surface area contributed by atoms with Crippen LogP contribution in [0.4, 0.5) is 17.6 Å². The van der Waals surface area contributed by atoms with Crippen LogP contribution in [0.2, 0.25) is 0 Å². The minimum absolute atomic E-state index is 0.155. The number of nitrogens with one attached hydrogen (secondary N) is 1. The lowest BCUT2D eigenvalue weighted by molar-refractivity contribution is -0.137. The molecule has 4 nitrogen and oxygen atoms in total. The summed E-state index contributed by atoms with van der Waals surface area (Å²) in [5.74, 6) is -0.538. The van der Waals surface area contributed by atoms with Gasteiger partial charge in [0.15, 0.2) is 0 Å². The van der Waals surface area contributed by atoms with Gasteiger partial charge in [-0.05, 0) is 75.6 Å². The molecule has 0 spiro atoms. The number of hydrazone groups is 1. The Labute approximate surface area is 183 Å². The van der Waals surface area contributed by atoms with Crippen molar-refractivity contribution in [2.24, 2.45) is 5.10 Å². The smallest absolute Gasteiger partial charge is 0.416 e. The molecule has 1 N–H and O–H groups in total. The molecule has 0 aliphatic heterocycles. The van der Waals surface area contributed by atoms with Crippen molar-refractivity contribution < 1.29 is 27.1 Å². The number of halogens is 5. The molecule has 0 fully saturated rings. The second kappa shape index (κ2) is 9.74. The highest BCUT2D eigenvalue weighted by molar-refractivity contribution is 9.10. The lowest BCUT2D eigenvalue weighted by Gasteiger charge is -2.09. The van der Waals surface area contributed by atoms with Crippen molar-refractivity contribution in [3.8, 4) is 5.75 Å². The van der Waals surface area contributed by atoms with Crippen LogP contribution >= 0.6 is 15.9 Å². The number of carbonyl (C=O) groups is 1. The zero-order chi connectivity index (χ0) is 22.4. The third kappa shape index (κ3) is 6.39. The third-order valence-corrected chi connectivity index (χ3v) is 4.72. The first kappa shape index (κ1) is 22.5. The summed E-state index contributed by atoms with van der Waals surface area (Å²) >= 11 is 3.38. The van der Waals surface area contributed by atoms with Gasteiger partial charge in [0.1, 0.15) is 18.2 Å². The van der Waals surface area contributed by atoms with Gasteiger partial charge in [0, 0.05) is 5.56 Å². The topological polar surface area (TPSA) is 50.7 Å². The van der Waals surface area contributed by atoms with Gasteiger partial charge in [-0.2, -0.15) is 18.3 Å². The van der Waals surface area contributed by atoms with Crippen molar-refractivity contribution in [3.63, 3.8) is 0 Å². The van der Waals surface area contributed by atoms with E-state index in [0.717, 1.165) is 23.8 Å². The average molecular weight is 495 g/mol. The fourth-order valence-corrected chi connectivity index (χ4v) is 3.03. The van der Waals surface area contributed by atoms with Gasteiger partial charge < -0.3 is 4.74 Å². The van der Waals surface area contributed by atoms with Crippen LogP contribution in [0.3, 0.4) is 0 Å². The van der Waals surface area contributed by atoms with Gasteiger partial charge in [-0.15, -0.1) is 0 Å². The van der Waals surface area contributed by atoms with Crippen LogP contribution in [-0.4, -0.2) is 12.1 Å². The highest BCUT2D eigenvalue weighted by Gasteiger charge is 2.30. The molecule has 0 heterocycles. The molecule has 9 heteroatoms. The first-order chi connectivity index (χ1) is 14.7. The predicted octanol–water partition coefficient (Wildman–Crippen LogP) is 5.95. The van der Waals surface area contributed by atoms with E-state index in [1.54, 1.807) is 30.3 Å². The molecule has 3 aromatic carbocycles. The Hall–Kier alpha value is -3.20. The second-order valence-electron chi connectivity index (χ2n) is 6.38. The number of rotatable bonds is 6. The molecule has 160 valence electrons. The number of alkyl halides is 3. The van der Waals surface area contributed by atoms with Crippen molar-refractivity contribution in [2.45, 2.75) is 12.8 Å². The van der Waals surface area contributed by atoms with Crippen LogP contribution in [0, 0.1) is 5.82 Å². The van der Waals surface area contributed by atoms with Crippen LogP contribution in [0.1, 0.15) is 27.0 Å².